The zero-order chi connectivity index (χ0) is 20.2. The monoisotopic (exact) mass is 390 g/mol. The maximum Gasteiger partial charge on any atom is 0.254 e. The Balaban J connectivity index is 1.58. The normalized spacial score (nSPS) is 18.5. The summed E-state index contributed by atoms with van der Waals surface area (Å²) < 4.78 is 5.31. The molecule has 0 bridgehead atoms. The van der Waals surface area contributed by atoms with Crippen molar-refractivity contribution in [3.8, 4) is 5.75 Å². The van der Waals surface area contributed by atoms with Gasteiger partial charge in [-0.05, 0) is 42.3 Å². The van der Waals surface area contributed by atoms with Gasteiger partial charge in [0.25, 0.3) is 5.91 Å². The van der Waals surface area contributed by atoms with Gasteiger partial charge in [-0.2, -0.15) is 0 Å². The third-order valence-electron chi connectivity index (χ3n) is 4.96. The maximum absolute atomic E-state index is 13.3. The van der Waals surface area contributed by atoms with E-state index < -0.39 is 6.10 Å². The molecule has 1 fully saturated rings. The second kappa shape index (κ2) is 8.28. The number of hydrogen-bond acceptors (Lipinski definition) is 6. The first kappa shape index (κ1) is 18.9. The summed E-state index contributed by atoms with van der Waals surface area (Å²) in [6.45, 7) is 0.294. The van der Waals surface area contributed by atoms with Gasteiger partial charge < -0.3 is 20.1 Å². The number of aliphatic hydroxyl groups is 1. The van der Waals surface area contributed by atoms with Gasteiger partial charge in [-0.25, -0.2) is 4.98 Å². The van der Waals surface area contributed by atoms with E-state index in [0.717, 1.165) is 17.0 Å². The number of hydrogen-bond donors (Lipinski definition) is 2. The first-order valence-corrected chi connectivity index (χ1v) is 9.40. The molecule has 0 aliphatic carbocycles. The number of aromatic nitrogens is 2. The van der Waals surface area contributed by atoms with Crippen LogP contribution in [-0.4, -0.2) is 45.6 Å². The molecule has 148 valence electrons. The SMILES string of the molecule is COc1cccc(C2CC(O)CN2C(=O)c2cccc(Nc3cnccn3)c2)c1. The zero-order valence-corrected chi connectivity index (χ0v) is 16.0. The summed E-state index contributed by atoms with van der Waals surface area (Å²) in [5.74, 6) is 1.20. The summed E-state index contributed by atoms with van der Waals surface area (Å²) in [5.41, 5.74) is 2.23. The largest absolute Gasteiger partial charge is 0.497 e. The molecular weight excluding hydrogens is 368 g/mol. The van der Waals surface area contributed by atoms with Crippen LogP contribution in [0.3, 0.4) is 0 Å². The molecule has 1 aliphatic rings. The molecule has 2 unspecified atom stereocenters. The fourth-order valence-electron chi connectivity index (χ4n) is 3.61. The number of likely N-dealkylation sites (tertiary alicyclic amines) is 1. The number of β-amino-alcohol motifs (C(OH)–C–C–N with tert-alkyl or cyclic N) is 1. The molecule has 1 aliphatic heterocycles. The van der Waals surface area contributed by atoms with E-state index in [2.05, 4.69) is 15.3 Å². The van der Waals surface area contributed by atoms with Crippen molar-refractivity contribution in [2.45, 2.75) is 18.6 Å². The standard InChI is InChI=1S/C22H22N4O3/c1-29-19-7-3-4-15(11-19)20-12-18(27)14-26(20)22(28)16-5-2-6-17(10-16)25-21-13-23-8-9-24-21/h2-11,13,18,20,27H,12,14H2,1H3,(H,24,25). The fourth-order valence-corrected chi connectivity index (χ4v) is 3.61. The highest BCUT2D eigenvalue weighted by molar-refractivity contribution is 5.95. The van der Waals surface area contributed by atoms with Gasteiger partial charge in [-0.1, -0.05) is 18.2 Å². The third kappa shape index (κ3) is 4.20. The number of benzene rings is 2. The minimum atomic E-state index is -0.559. The molecule has 2 atom stereocenters. The van der Waals surface area contributed by atoms with Crippen molar-refractivity contribution in [2.24, 2.45) is 0 Å². The molecule has 2 N–H and O–H groups in total. The number of aliphatic hydroxyl groups excluding tert-OH is 1. The molecular formula is C22H22N4O3. The van der Waals surface area contributed by atoms with Crippen LogP contribution in [0.1, 0.15) is 28.4 Å². The zero-order valence-electron chi connectivity index (χ0n) is 16.0. The molecule has 1 aromatic heterocycles. The van der Waals surface area contributed by atoms with E-state index >= 15 is 0 Å². The lowest BCUT2D eigenvalue weighted by Crippen LogP contribution is -2.31. The van der Waals surface area contributed by atoms with Gasteiger partial charge in [0.2, 0.25) is 0 Å². The predicted octanol–water partition coefficient (Wildman–Crippen LogP) is 3.18. The Morgan fingerprint density at radius 2 is 2.07 bits per heavy atom. The Morgan fingerprint density at radius 1 is 1.21 bits per heavy atom. The third-order valence-corrected chi connectivity index (χ3v) is 4.96. The van der Waals surface area contributed by atoms with Crippen LogP contribution in [0, 0.1) is 0 Å². The number of anilines is 2. The number of nitrogens with one attached hydrogen (secondary N) is 1. The molecule has 4 rings (SSSR count). The van der Waals surface area contributed by atoms with E-state index in [1.54, 1.807) is 42.7 Å². The number of rotatable bonds is 5. The topological polar surface area (TPSA) is 87.6 Å². The number of carbonyl (C=O) groups excluding carboxylic acids is 1. The maximum atomic E-state index is 13.3. The van der Waals surface area contributed by atoms with Gasteiger partial charge in [0.05, 0.1) is 25.5 Å². The van der Waals surface area contributed by atoms with Gasteiger partial charge in [-0.15, -0.1) is 0 Å². The number of ether oxygens (including phenoxy) is 1. The summed E-state index contributed by atoms with van der Waals surface area (Å²) in [6.07, 6.45) is 4.75. The van der Waals surface area contributed by atoms with Crippen LogP contribution in [0.15, 0.2) is 67.1 Å². The predicted molar refractivity (Wildman–Crippen MR) is 109 cm³/mol. The molecule has 2 heterocycles. The summed E-state index contributed by atoms with van der Waals surface area (Å²) in [4.78, 5) is 23.2. The summed E-state index contributed by atoms with van der Waals surface area (Å²) in [6, 6.07) is 14.7. The fraction of sp³-hybridized carbons (Fsp3) is 0.227. The van der Waals surface area contributed by atoms with E-state index in [1.807, 2.05) is 36.4 Å². The lowest BCUT2D eigenvalue weighted by molar-refractivity contribution is 0.0715. The molecule has 3 aromatic rings. The summed E-state index contributed by atoms with van der Waals surface area (Å²) in [5, 5.41) is 13.4. The van der Waals surface area contributed by atoms with E-state index in [0.29, 0.717) is 24.3 Å². The minimum absolute atomic E-state index is 0.128. The van der Waals surface area contributed by atoms with Crippen LogP contribution in [0.4, 0.5) is 11.5 Å². The Kier molecular flexibility index (Phi) is 5.39. The van der Waals surface area contributed by atoms with E-state index in [-0.39, 0.29) is 11.9 Å². The molecule has 29 heavy (non-hydrogen) atoms. The van der Waals surface area contributed by atoms with E-state index in [1.165, 1.54) is 0 Å². The second-order valence-electron chi connectivity index (χ2n) is 6.94. The summed E-state index contributed by atoms with van der Waals surface area (Å²) >= 11 is 0. The van der Waals surface area contributed by atoms with E-state index in [4.69, 9.17) is 4.74 Å². The van der Waals surface area contributed by atoms with Gasteiger partial charge in [-0.3, -0.25) is 9.78 Å². The highest BCUT2D eigenvalue weighted by Gasteiger charge is 2.36. The number of amides is 1. The molecule has 0 radical (unpaired) electrons. The van der Waals surface area contributed by atoms with Crippen molar-refractivity contribution < 1.29 is 14.6 Å². The van der Waals surface area contributed by atoms with Crippen LogP contribution in [0.25, 0.3) is 0 Å². The number of nitrogens with zero attached hydrogens (tertiary/aromatic N) is 3. The Bertz CT molecular complexity index is 996. The van der Waals surface area contributed by atoms with Gasteiger partial charge in [0.1, 0.15) is 11.6 Å². The Morgan fingerprint density at radius 3 is 2.86 bits per heavy atom. The first-order valence-electron chi connectivity index (χ1n) is 9.40. The van der Waals surface area contributed by atoms with Crippen molar-refractivity contribution in [2.75, 3.05) is 19.0 Å². The lowest BCUT2D eigenvalue weighted by Gasteiger charge is -2.25. The van der Waals surface area contributed by atoms with Crippen LogP contribution in [0.2, 0.25) is 0 Å². The summed E-state index contributed by atoms with van der Waals surface area (Å²) in [7, 11) is 1.61. The molecule has 1 saturated heterocycles. The highest BCUT2D eigenvalue weighted by atomic mass is 16.5. The van der Waals surface area contributed by atoms with Gasteiger partial charge in [0.15, 0.2) is 0 Å². The van der Waals surface area contributed by atoms with Gasteiger partial charge >= 0.3 is 0 Å². The van der Waals surface area contributed by atoms with Crippen LogP contribution < -0.4 is 10.1 Å². The van der Waals surface area contributed by atoms with Crippen LogP contribution >= 0.6 is 0 Å². The lowest BCUT2D eigenvalue weighted by atomic mass is 10.0. The van der Waals surface area contributed by atoms with Crippen molar-refractivity contribution in [3.05, 3.63) is 78.2 Å². The quantitative estimate of drug-likeness (QED) is 0.696. The number of methoxy groups -OCH3 is 1. The minimum Gasteiger partial charge on any atom is -0.497 e. The van der Waals surface area contributed by atoms with Gasteiger partial charge in [0, 0.05) is 30.2 Å². The van der Waals surface area contributed by atoms with Crippen molar-refractivity contribution >= 4 is 17.4 Å². The molecule has 7 nitrogen and oxygen atoms in total. The number of carbonyl (C=O) groups is 1. The van der Waals surface area contributed by atoms with Crippen LogP contribution in [0.5, 0.6) is 5.75 Å². The van der Waals surface area contributed by atoms with Crippen molar-refractivity contribution in [3.63, 3.8) is 0 Å². The first-order chi connectivity index (χ1) is 14.1. The molecule has 0 spiro atoms. The van der Waals surface area contributed by atoms with Crippen molar-refractivity contribution in [1.29, 1.82) is 0 Å². The highest BCUT2D eigenvalue weighted by Crippen LogP contribution is 2.35. The van der Waals surface area contributed by atoms with E-state index in [9.17, 15) is 9.90 Å². The molecule has 7 heteroatoms. The van der Waals surface area contributed by atoms with Crippen LogP contribution in [-0.2, 0) is 0 Å². The molecule has 0 saturated carbocycles. The molecule has 1 amide bonds. The average Bonchev–Trinajstić information content (AvgIpc) is 3.16. The Hall–Kier alpha value is -3.45. The smallest absolute Gasteiger partial charge is 0.254 e. The average molecular weight is 390 g/mol. The van der Waals surface area contributed by atoms with Crippen molar-refractivity contribution in [1.82, 2.24) is 14.9 Å². The Labute approximate surface area is 169 Å². The second-order valence-corrected chi connectivity index (χ2v) is 6.94. The molecule has 2 aromatic carbocycles.